The molecule has 4 heteroatoms. The van der Waals surface area contributed by atoms with Gasteiger partial charge >= 0.3 is 0 Å². The molecular weight excluding hydrogens is 229 g/mol. The molecule has 0 aliphatic heterocycles. The Bertz CT molecular complexity index is 496. The van der Waals surface area contributed by atoms with E-state index in [0.29, 0.717) is 22.9 Å². The Morgan fingerprint density at radius 3 is 2.81 bits per heavy atom. The van der Waals surface area contributed by atoms with E-state index in [0.717, 1.165) is 5.56 Å². The quantitative estimate of drug-likeness (QED) is 0.888. The van der Waals surface area contributed by atoms with Gasteiger partial charge in [-0.1, -0.05) is 11.6 Å². The molecule has 0 spiro atoms. The Morgan fingerprint density at radius 1 is 1.31 bits per heavy atom. The molecule has 1 heterocycles. The van der Waals surface area contributed by atoms with Gasteiger partial charge < -0.3 is 9.73 Å². The van der Waals surface area contributed by atoms with E-state index in [2.05, 4.69) is 5.32 Å². The van der Waals surface area contributed by atoms with Crippen LogP contribution in [0.2, 0.25) is 5.02 Å². The summed E-state index contributed by atoms with van der Waals surface area (Å²) in [6, 6.07) is 6.36. The van der Waals surface area contributed by atoms with Crippen LogP contribution >= 0.6 is 11.6 Å². The van der Waals surface area contributed by atoms with Crippen LogP contribution in [0, 0.1) is 5.82 Å². The molecule has 1 aromatic carbocycles. The van der Waals surface area contributed by atoms with Gasteiger partial charge in [-0.25, -0.2) is 4.39 Å². The molecule has 0 amide bonds. The number of benzene rings is 1. The van der Waals surface area contributed by atoms with Gasteiger partial charge in [-0.15, -0.1) is 0 Å². The standard InChI is InChI=1S/C12H11ClFNO/c1-15-7-12-10(4-5-16-12)9-3-2-8(13)6-11(9)14/h2-6,15H,7H2,1H3. The fourth-order valence-corrected chi connectivity index (χ4v) is 1.74. The number of rotatable bonds is 3. The molecule has 0 saturated heterocycles. The normalized spacial score (nSPS) is 10.7. The van der Waals surface area contributed by atoms with E-state index in [1.165, 1.54) is 6.07 Å². The maximum atomic E-state index is 13.7. The lowest BCUT2D eigenvalue weighted by molar-refractivity contribution is 0.496. The van der Waals surface area contributed by atoms with Crippen LogP contribution in [-0.4, -0.2) is 7.05 Å². The predicted octanol–water partition coefficient (Wildman–Crippen LogP) is 3.46. The number of nitrogens with one attached hydrogen (secondary N) is 1. The molecule has 1 N–H and O–H groups in total. The van der Waals surface area contributed by atoms with Gasteiger partial charge in [0.1, 0.15) is 11.6 Å². The molecule has 2 nitrogen and oxygen atoms in total. The van der Waals surface area contributed by atoms with Crippen molar-refractivity contribution in [3.63, 3.8) is 0 Å². The third kappa shape index (κ3) is 2.10. The second-order valence-electron chi connectivity index (χ2n) is 3.41. The summed E-state index contributed by atoms with van der Waals surface area (Å²) in [5.74, 6) is 0.370. The van der Waals surface area contributed by atoms with E-state index in [1.807, 2.05) is 7.05 Å². The fraction of sp³-hybridized carbons (Fsp3) is 0.167. The van der Waals surface area contributed by atoms with Gasteiger partial charge in [0.15, 0.2) is 0 Å². The van der Waals surface area contributed by atoms with Crippen molar-refractivity contribution in [3.8, 4) is 11.1 Å². The van der Waals surface area contributed by atoms with Crippen molar-refractivity contribution in [2.75, 3.05) is 7.05 Å². The lowest BCUT2D eigenvalue weighted by atomic mass is 10.1. The minimum Gasteiger partial charge on any atom is -0.467 e. The zero-order valence-electron chi connectivity index (χ0n) is 8.76. The highest BCUT2D eigenvalue weighted by molar-refractivity contribution is 6.30. The SMILES string of the molecule is CNCc1occc1-c1ccc(Cl)cc1F. The first-order chi connectivity index (χ1) is 7.72. The first-order valence-electron chi connectivity index (χ1n) is 4.88. The van der Waals surface area contributed by atoms with Crippen LogP contribution in [0.1, 0.15) is 5.76 Å². The molecule has 0 aliphatic carbocycles. The maximum absolute atomic E-state index is 13.7. The molecule has 16 heavy (non-hydrogen) atoms. The average Bonchev–Trinajstić information content (AvgIpc) is 2.67. The zero-order valence-corrected chi connectivity index (χ0v) is 9.51. The van der Waals surface area contributed by atoms with Crippen molar-refractivity contribution in [2.24, 2.45) is 0 Å². The van der Waals surface area contributed by atoms with E-state index >= 15 is 0 Å². The van der Waals surface area contributed by atoms with Crippen molar-refractivity contribution >= 4 is 11.6 Å². The molecule has 0 unspecified atom stereocenters. The molecule has 0 fully saturated rings. The van der Waals surface area contributed by atoms with Gasteiger partial charge in [0.05, 0.1) is 12.8 Å². The van der Waals surface area contributed by atoms with Gasteiger partial charge in [0.25, 0.3) is 0 Å². The summed E-state index contributed by atoms with van der Waals surface area (Å²) in [6.07, 6.45) is 1.55. The highest BCUT2D eigenvalue weighted by Crippen LogP contribution is 2.29. The minimum absolute atomic E-state index is 0.341. The Hall–Kier alpha value is -1.32. The number of halogens is 2. The molecule has 0 aliphatic rings. The Kier molecular flexibility index (Phi) is 3.27. The summed E-state index contributed by atoms with van der Waals surface area (Å²) in [5, 5.41) is 3.36. The highest BCUT2D eigenvalue weighted by atomic mass is 35.5. The summed E-state index contributed by atoms with van der Waals surface area (Å²) >= 11 is 5.70. The fourth-order valence-electron chi connectivity index (χ4n) is 1.59. The van der Waals surface area contributed by atoms with Crippen molar-refractivity contribution in [2.45, 2.75) is 6.54 Å². The number of hydrogen-bond acceptors (Lipinski definition) is 2. The lowest BCUT2D eigenvalue weighted by Crippen LogP contribution is -2.05. The Morgan fingerprint density at radius 2 is 2.12 bits per heavy atom. The summed E-state index contributed by atoms with van der Waals surface area (Å²) in [7, 11) is 1.81. The number of furan rings is 1. The van der Waals surface area contributed by atoms with Gasteiger partial charge in [-0.05, 0) is 31.3 Å². The van der Waals surface area contributed by atoms with Gasteiger partial charge in [-0.3, -0.25) is 0 Å². The highest BCUT2D eigenvalue weighted by Gasteiger charge is 2.12. The van der Waals surface area contributed by atoms with E-state index in [1.54, 1.807) is 24.5 Å². The summed E-state index contributed by atoms with van der Waals surface area (Å²) in [4.78, 5) is 0. The van der Waals surface area contributed by atoms with E-state index in [-0.39, 0.29) is 5.82 Å². The van der Waals surface area contributed by atoms with Crippen molar-refractivity contribution in [1.29, 1.82) is 0 Å². The minimum atomic E-state index is -0.341. The second-order valence-corrected chi connectivity index (χ2v) is 3.85. The van der Waals surface area contributed by atoms with Crippen molar-refractivity contribution < 1.29 is 8.81 Å². The van der Waals surface area contributed by atoms with E-state index in [9.17, 15) is 4.39 Å². The van der Waals surface area contributed by atoms with Crippen LogP contribution in [0.3, 0.4) is 0 Å². The monoisotopic (exact) mass is 239 g/mol. The molecule has 0 bridgehead atoms. The van der Waals surface area contributed by atoms with Crippen LogP contribution in [0.15, 0.2) is 34.9 Å². The average molecular weight is 240 g/mol. The Labute approximate surface area is 98.0 Å². The summed E-state index contributed by atoms with van der Waals surface area (Å²) < 4.78 is 19.0. The largest absolute Gasteiger partial charge is 0.467 e. The van der Waals surface area contributed by atoms with Gasteiger partial charge in [0.2, 0.25) is 0 Å². The van der Waals surface area contributed by atoms with Crippen LogP contribution in [-0.2, 0) is 6.54 Å². The van der Waals surface area contributed by atoms with E-state index < -0.39 is 0 Å². The van der Waals surface area contributed by atoms with Gasteiger partial charge in [0, 0.05) is 16.1 Å². The summed E-state index contributed by atoms with van der Waals surface area (Å²) in [6.45, 7) is 0.560. The van der Waals surface area contributed by atoms with Crippen LogP contribution in [0.4, 0.5) is 4.39 Å². The zero-order chi connectivity index (χ0) is 11.5. The van der Waals surface area contributed by atoms with Gasteiger partial charge in [-0.2, -0.15) is 0 Å². The topological polar surface area (TPSA) is 25.2 Å². The van der Waals surface area contributed by atoms with Crippen LogP contribution in [0.25, 0.3) is 11.1 Å². The molecule has 2 aromatic rings. The first kappa shape index (κ1) is 11.2. The lowest BCUT2D eigenvalue weighted by Gasteiger charge is -2.04. The maximum Gasteiger partial charge on any atom is 0.132 e. The molecule has 0 atom stereocenters. The second kappa shape index (κ2) is 4.68. The number of hydrogen-bond donors (Lipinski definition) is 1. The molecular formula is C12H11ClFNO. The predicted molar refractivity (Wildman–Crippen MR) is 61.9 cm³/mol. The summed E-state index contributed by atoms with van der Waals surface area (Å²) in [5.41, 5.74) is 1.26. The third-order valence-electron chi connectivity index (χ3n) is 2.30. The van der Waals surface area contributed by atoms with Crippen LogP contribution in [0.5, 0.6) is 0 Å². The smallest absolute Gasteiger partial charge is 0.132 e. The Balaban J connectivity index is 2.46. The molecule has 84 valence electrons. The van der Waals surface area contributed by atoms with Crippen molar-refractivity contribution in [1.82, 2.24) is 5.32 Å². The molecule has 2 rings (SSSR count). The van der Waals surface area contributed by atoms with E-state index in [4.69, 9.17) is 16.0 Å². The van der Waals surface area contributed by atoms with Crippen molar-refractivity contribution in [3.05, 3.63) is 47.1 Å². The third-order valence-corrected chi connectivity index (χ3v) is 2.54. The molecule has 1 aromatic heterocycles. The molecule has 0 radical (unpaired) electrons. The van der Waals surface area contributed by atoms with Crippen LogP contribution < -0.4 is 5.32 Å². The first-order valence-corrected chi connectivity index (χ1v) is 5.26. The molecule has 0 saturated carbocycles.